The van der Waals surface area contributed by atoms with Crippen LogP contribution in [0.4, 0.5) is 0 Å². The van der Waals surface area contributed by atoms with E-state index in [1.54, 1.807) is 18.2 Å². The smallest absolute Gasteiger partial charge is 0.207 e. The molecule has 21 heavy (non-hydrogen) atoms. The van der Waals surface area contributed by atoms with E-state index in [0.29, 0.717) is 18.0 Å². The molecule has 1 unspecified atom stereocenters. The monoisotopic (exact) mass is 303 g/mol. The number of hydrogen-bond acceptors (Lipinski definition) is 2. The molecule has 0 radical (unpaired) electrons. The summed E-state index contributed by atoms with van der Waals surface area (Å²) in [6.45, 7) is 8.54. The zero-order valence-corrected chi connectivity index (χ0v) is 13.3. The summed E-state index contributed by atoms with van der Waals surface area (Å²) in [6.07, 6.45) is 7.55. The molecule has 0 bridgehead atoms. The van der Waals surface area contributed by atoms with Crippen LogP contribution in [-0.2, 0) is 10.0 Å². The van der Waals surface area contributed by atoms with E-state index in [1.807, 2.05) is 44.2 Å². The average Bonchev–Trinajstić information content (AvgIpc) is 2.46. The lowest BCUT2D eigenvalue weighted by molar-refractivity contribution is 0.399. The normalized spacial score (nSPS) is 20.5. The van der Waals surface area contributed by atoms with Gasteiger partial charge in [0.25, 0.3) is 0 Å². The summed E-state index contributed by atoms with van der Waals surface area (Å²) >= 11 is 0. The Hall–Kier alpha value is -1.65. The van der Waals surface area contributed by atoms with Crippen molar-refractivity contribution < 1.29 is 8.42 Å². The Labute approximate surface area is 127 Å². The minimum atomic E-state index is -3.43. The van der Waals surface area contributed by atoms with Crippen molar-refractivity contribution in [1.82, 2.24) is 4.31 Å². The lowest BCUT2D eigenvalue weighted by Gasteiger charge is -2.29. The number of benzene rings is 1. The fourth-order valence-corrected chi connectivity index (χ4v) is 3.72. The molecule has 0 spiro atoms. The lowest BCUT2D eigenvalue weighted by Crippen LogP contribution is -2.38. The summed E-state index contributed by atoms with van der Waals surface area (Å²) in [6, 6.07) is 6.99. The van der Waals surface area contributed by atoms with Crippen molar-refractivity contribution in [3.05, 3.63) is 66.3 Å². The molecule has 0 aromatic heterocycles. The molecule has 0 amide bonds. The third-order valence-corrected chi connectivity index (χ3v) is 5.59. The van der Waals surface area contributed by atoms with Gasteiger partial charge in [0.1, 0.15) is 0 Å². The number of aryl methyl sites for hydroxylation is 1. The highest BCUT2D eigenvalue weighted by atomic mass is 32.2. The molecule has 0 saturated carbocycles. The van der Waals surface area contributed by atoms with Gasteiger partial charge in [-0.3, -0.25) is 0 Å². The van der Waals surface area contributed by atoms with Gasteiger partial charge < -0.3 is 0 Å². The minimum absolute atomic E-state index is 0.108. The van der Waals surface area contributed by atoms with Crippen LogP contribution in [0.25, 0.3) is 0 Å². The first-order chi connectivity index (χ1) is 9.95. The van der Waals surface area contributed by atoms with Crippen molar-refractivity contribution in [3.8, 4) is 0 Å². The van der Waals surface area contributed by atoms with E-state index in [4.69, 9.17) is 0 Å². The second-order valence-corrected chi connectivity index (χ2v) is 7.25. The highest BCUT2D eigenvalue weighted by Crippen LogP contribution is 2.25. The van der Waals surface area contributed by atoms with Crippen molar-refractivity contribution in [2.75, 3.05) is 13.1 Å². The number of sulfonamides is 1. The molecule has 1 aliphatic heterocycles. The van der Waals surface area contributed by atoms with Gasteiger partial charge in [-0.05, 0) is 26.0 Å². The minimum Gasteiger partial charge on any atom is -0.207 e. The third-order valence-electron chi connectivity index (χ3n) is 3.74. The van der Waals surface area contributed by atoms with Crippen molar-refractivity contribution in [2.24, 2.45) is 5.92 Å². The van der Waals surface area contributed by atoms with Crippen LogP contribution in [0.15, 0.2) is 65.6 Å². The summed E-state index contributed by atoms with van der Waals surface area (Å²) in [5.74, 6) is 0.108. The third kappa shape index (κ3) is 3.52. The Morgan fingerprint density at radius 2 is 1.90 bits per heavy atom. The first-order valence-electron chi connectivity index (χ1n) is 6.98. The molecule has 1 aromatic carbocycles. The van der Waals surface area contributed by atoms with Crippen LogP contribution in [0.1, 0.15) is 12.5 Å². The SMILES string of the molecule is C=C/C=C\C1CN(S(=O)(=O)c2ccc(C)cc2)CC=C1C. The second kappa shape index (κ2) is 6.41. The van der Waals surface area contributed by atoms with Gasteiger partial charge in [-0.25, -0.2) is 8.42 Å². The predicted molar refractivity (Wildman–Crippen MR) is 86.5 cm³/mol. The van der Waals surface area contributed by atoms with Crippen LogP contribution >= 0.6 is 0 Å². The molecule has 2 rings (SSSR count). The van der Waals surface area contributed by atoms with Gasteiger partial charge in [0.05, 0.1) is 4.90 Å². The maximum Gasteiger partial charge on any atom is 0.243 e. The van der Waals surface area contributed by atoms with Gasteiger partial charge in [-0.15, -0.1) is 0 Å². The summed E-state index contributed by atoms with van der Waals surface area (Å²) in [7, 11) is -3.43. The molecular weight excluding hydrogens is 282 g/mol. The van der Waals surface area contributed by atoms with Crippen LogP contribution in [-0.4, -0.2) is 25.8 Å². The predicted octanol–water partition coefficient (Wildman–Crippen LogP) is 3.30. The highest BCUT2D eigenvalue weighted by molar-refractivity contribution is 7.89. The van der Waals surface area contributed by atoms with Crippen LogP contribution in [0, 0.1) is 12.8 Å². The van der Waals surface area contributed by atoms with Gasteiger partial charge >= 0.3 is 0 Å². The lowest BCUT2D eigenvalue weighted by atomic mass is 9.97. The topological polar surface area (TPSA) is 37.4 Å². The van der Waals surface area contributed by atoms with Gasteiger partial charge in [-0.1, -0.05) is 54.2 Å². The van der Waals surface area contributed by atoms with Crippen LogP contribution in [0.3, 0.4) is 0 Å². The van der Waals surface area contributed by atoms with Gasteiger partial charge in [0.15, 0.2) is 0 Å². The van der Waals surface area contributed by atoms with E-state index in [1.165, 1.54) is 9.88 Å². The molecule has 0 fully saturated rings. The molecule has 1 aliphatic rings. The Morgan fingerprint density at radius 3 is 2.52 bits per heavy atom. The van der Waals surface area contributed by atoms with E-state index < -0.39 is 10.0 Å². The van der Waals surface area contributed by atoms with Crippen LogP contribution in [0.2, 0.25) is 0 Å². The average molecular weight is 303 g/mol. The molecule has 1 heterocycles. The molecule has 112 valence electrons. The number of hydrogen-bond donors (Lipinski definition) is 0. The highest BCUT2D eigenvalue weighted by Gasteiger charge is 2.28. The van der Waals surface area contributed by atoms with E-state index in [9.17, 15) is 8.42 Å². The summed E-state index contributed by atoms with van der Waals surface area (Å²) in [5, 5.41) is 0. The zero-order valence-electron chi connectivity index (χ0n) is 12.5. The quantitative estimate of drug-likeness (QED) is 0.632. The zero-order chi connectivity index (χ0) is 15.5. The number of allylic oxidation sites excluding steroid dienone is 2. The van der Waals surface area contributed by atoms with E-state index in [-0.39, 0.29) is 5.92 Å². The summed E-state index contributed by atoms with van der Waals surface area (Å²) in [5.41, 5.74) is 2.25. The van der Waals surface area contributed by atoms with Crippen LogP contribution < -0.4 is 0 Å². The largest absolute Gasteiger partial charge is 0.243 e. The first kappa shape index (κ1) is 15.7. The van der Waals surface area contributed by atoms with Crippen molar-refractivity contribution in [3.63, 3.8) is 0 Å². The fourth-order valence-electron chi connectivity index (χ4n) is 2.32. The van der Waals surface area contributed by atoms with Crippen molar-refractivity contribution in [2.45, 2.75) is 18.7 Å². The van der Waals surface area contributed by atoms with Gasteiger partial charge in [0, 0.05) is 19.0 Å². The molecule has 0 N–H and O–H groups in total. The standard InChI is InChI=1S/C17H21NO2S/c1-4-5-6-16-13-18(12-11-15(16)3)21(19,20)17-9-7-14(2)8-10-17/h4-11,16H,1,12-13H2,2-3H3/b6-5-. The maximum atomic E-state index is 12.7. The number of rotatable bonds is 4. The molecule has 3 nitrogen and oxygen atoms in total. The number of nitrogens with zero attached hydrogens (tertiary/aromatic N) is 1. The molecule has 0 saturated heterocycles. The first-order valence-corrected chi connectivity index (χ1v) is 8.42. The van der Waals surface area contributed by atoms with Crippen molar-refractivity contribution >= 4 is 10.0 Å². The van der Waals surface area contributed by atoms with Gasteiger partial charge in [-0.2, -0.15) is 4.31 Å². The van der Waals surface area contributed by atoms with Gasteiger partial charge in [0.2, 0.25) is 10.0 Å². The summed E-state index contributed by atoms with van der Waals surface area (Å²) < 4.78 is 26.9. The Balaban J connectivity index is 2.27. The molecule has 1 aromatic rings. The molecule has 0 aliphatic carbocycles. The van der Waals surface area contributed by atoms with E-state index >= 15 is 0 Å². The Kier molecular flexibility index (Phi) is 4.80. The Bertz CT molecular complexity index is 669. The maximum absolute atomic E-state index is 12.7. The van der Waals surface area contributed by atoms with Crippen LogP contribution in [0.5, 0.6) is 0 Å². The molecule has 4 heteroatoms. The van der Waals surface area contributed by atoms with E-state index in [0.717, 1.165) is 5.56 Å². The second-order valence-electron chi connectivity index (χ2n) is 5.31. The molecule has 1 atom stereocenters. The van der Waals surface area contributed by atoms with E-state index in [2.05, 4.69) is 6.58 Å². The fraction of sp³-hybridized carbons (Fsp3) is 0.294. The Morgan fingerprint density at radius 1 is 1.24 bits per heavy atom. The summed E-state index contributed by atoms with van der Waals surface area (Å²) in [4.78, 5) is 0.354. The molecular formula is C17H21NO2S. The van der Waals surface area contributed by atoms with Crippen molar-refractivity contribution in [1.29, 1.82) is 0 Å².